The maximum Gasteiger partial charge on any atom is 0.196 e. The van der Waals surface area contributed by atoms with Gasteiger partial charge in [-0.15, -0.1) is 11.3 Å². The average molecular weight is 387 g/mol. The second-order valence-corrected chi connectivity index (χ2v) is 7.67. The molecule has 0 radical (unpaired) electrons. The molecule has 0 unspecified atom stereocenters. The molecule has 3 aromatic heterocycles. The first kappa shape index (κ1) is 17.0. The van der Waals surface area contributed by atoms with E-state index in [2.05, 4.69) is 15.3 Å². The molecule has 3 heterocycles. The van der Waals surface area contributed by atoms with Crippen LogP contribution in [0, 0.1) is 26.6 Å². The molecule has 7 heteroatoms. The summed E-state index contributed by atoms with van der Waals surface area (Å²) in [6.07, 6.45) is 2.76. The third-order valence-electron chi connectivity index (χ3n) is 4.43. The van der Waals surface area contributed by atoms with E-state index in [1.165, 1.54) is 6.20 Å². The topological polar surface area (TPSA) is 42.2 Å². The van der Waals surface area contributed by atoms with E-state index < -0.39 is 5.82 Å². The van der Waals surface area contributed by atoms with Gasteiger partial charge in [-0.25, -0.2) is 9.37 Å². The van der Waals surface area contributed by atoms with E-state index in [0.29, 0.717) is 22.1 Å². The van der Waals surface area contributed by atoms with Crippen LogP contribution in [0.25, 0.3) is 16.2 Å². The largest absolute Gasteiger partial charge is 0.338 e. The highest BCUT2D eigenvalue weighted by atomic mass is 35.5. The zero-order valence-corrected chi connectivity index (χ0v) is 16.0. The predicted molar refractivity (Wildman–Crippen MR) is 105 cm³/mol. The Balaban J connectivity index is 1.99. The highest BCUT2D eigenvalue weighted by molar-refractivity contribution is 7.17. The number of nitrogens with one attached hydrogen (secondary N) is 1. The molecule has 0 amide bonds. The maximum atomic E-state index is 14.4. The summed E-state index contributed by atoms with van der Waals surface area (Å²) >= 11 is 7.97. The van der Waals surface area contributed by atoms with Crippen LogP contribution in [-0.4, -0.2) is 14.4 Å². The summed E-state index contributed by atoms with van der Waals surface area (Å²) in [6, 6.07) is 7.34. The number of imidazole rings is 1. The van der Waals surface area contributed by atoms with Gasteiger partial charge in [0.05, 0.1) is 16.9 Å². The monoisotopic (exact) mass is 386 g/mol. The molecule has 4 nitrogen and oxygen atoms in total. The van der Waals surface area contributed by atoms with Crippen LogP contribution < -0.4 is 5.32 Å². The molecule has 0 saturated heterocycles. The number of nitrogens with zero attached hydrogens (tertiary/aromatic N) is 3. The minimum absolute atomic E-state index is 0.403. The second kappa shape index (κ2) is 6.37. The van der Waals surface area contributed by atoms with Gasteiger partial charge < -0.3 is 5.32 Å². The molecule has 4 aromatic rings. The number of hydrogen-bond acceptors (Lipinski definition) is 4. The molecule has 1 N–H and O–H groups in total. The van der Waals surface area contributed by atoms with Crippen molar-refractivity contribution < 1.29 is 4.39 Å². The van der Waals surface area contributed by atoms with Gasteiger partial charge >= 0.3 is 0 Å². The number of para-hydroxylation sites is 1. The van der Waals surface area contributed by atoms with Crippen LogP contribution in [-0.2, 0) is 0 Å². The maximum absolute atomic E-state index is 14.4. The van der Waals surface area contributed by atoms with Crippen molar-refractivity contribution in [2.45, 2.75) is 20.8 Å². The molecule has 0 bridgehead atoms. The fourth-order valence-electron chi connectivity index (χ4n) is 2.93. The summed E-state index contributed by atoms with van der Waals surface area (Å²) in [7, 11) is 0. The van der Waals surface area contributed by atoms with Crippen molar-refractivity contribution in [3.05, 3.63) is 63.6 Å². The van der Waals surface area contributed by atoms with E-state index in [0.717, 1.165) is 26.8 Å². The molecule has 1 aromatic carbocycles. The zero-order chi connectivity index (χ0) is 18.4. The van der Waals surface area contributed by atoms with Gasteiger partial charge in [-0.1, -0.05) is 23.7 Å². The standard InChI is InChI=1S/C19H16ClFN4S/c1-10-5-4-6-14(20)16(10)23-18-17(13-7-8-22-9-15(13)21)24-19-25(18)11(2)12(3)26-19/h4-9,23H,1-3H3. The molecule has 132 valence electrons. The first-order valence-electron chi connectivity index (χ1n) is 8.08. The minimum atomic E-state index is -0.411. The van der Waals surface area contributed by atoms with Gasteiger partial charge in [0.1, 0.15) is 11.5 Å². The fraction of sp³-hybridized carbons (Fsp3) is 0.158. The molecule has 0 fully saturated rings. The van der Waals surface area contributed by atoms with Crippen LogP contribution in [0.4, 0.5) is 15.9 Å². The fourth-order valence-corrected chi connectivity index (χ4v) is 4.17. The number of aryl methyl sites for hydroxylation is 3. The number of thiazole rings is 1. The lowest BCUT2D eigenvalue weighted by Gasteiger charge is -2.13. The normalized spacial score (nSPS) is 11.3. The van der Waals surface area contributed by atoms with Crippen molar-refractivity contribution in [3.8, 4) is 11.3 Å². The van der Waals surface area contributed by atoms with E-state index in [1.54, 1.807) is 23.6 Å². The van der Waals surface area contributed by atoms with Crippen LogP contribution >= 0.6 is 22.9 Å². The summed E-state index contributed by atoms with van der Waals surface area (Å²) in [6.45, 7) is 6.05. The summed E-state index contributed by atoms with van der Waals surface area (Å²) in [4.78, 5) is 10.5. The Hall–Kier alpha value is -2.44. The minimum Gasteiger partial charge on any atom is -0.338 e. The average Bonchev–Trinajstić information content (AvgIpc) is 3.08. The Morgan fingerprint density at radius 2 is 2.00 bits per heavy atom. The number of benzene rings is 1. The first-order valence-corrected chi connectivity index (χ1v) is 9.27. The second-order valence-electron chi connectivity index (χ2n) is 6.08. The van der Waals surface area contributed by atoms with Crippen LogP contribution in [0.15, 0.2) is 36.7 Å². The Morgan fingerprint density at radius 1 is 1.19 bits per heavy atom. The molecule has 0 atom stereocenters. The number of halogens is 2. The molecule has 26 heavy (non-hydrogen) atoms. The lowest BCUT2D eigenvalue weighted by Crippen LogP contribution is -2.01. The lowest BCUT2D eigenvalue weighted by molar-refractivity contribution is 0.624. The Labute approximate surface area is 159 Å². The smallest absolute Gasteiger partial charge is 0.196 e. The molecule has 0 saturated carbocycles. The van der Waals surface area contributed by atoms with Crippen molar-refractivity contribution in [3.63, 3.8) is 0 Å². The summed E-state index contributed by atoms with van der Waals surface area (Å²) in [5.41, 5.74) is 3.79. The van der Waals surface area contributed by atoms with E-state index in [9.17, 15) is 4.39 Å². The van der Waals surface area contributed by atoms with Crippen LogP contribution in [0.1, 0.15) is 16.1 Å². The van der Waals surface area contributed by atoms with Gasteiger partial charge in [0, 0.05) is 22.3 Å². The van der Waals surface area contributed by atoms with Crippen molar-refractivity contribution in [1.29, 1.82) is 0 Å². The molecule has 0 aliphatic rings. The summed E-state index contributed by atoms with van der Waals surface area (Å²) in [5, 5.41) is 4.00. The zero-order valence-electron chi connectivity index (χ0n) is 14.5. The highest BCUT2D eigenvalue weighted by Gasteiger charge is 2.22. The molecule has 0 aliphatic heterocycles. The third kappa shape index (κ3) is 2.66. The number of fused-ring (bicyclic) bond motifs is 1. The van der Waals surface area contributed by atoms with Gasteiger partial charge in [-0.2, -0.15) is 0 Å². The molecule has 0 spiro atoms. The van der Waals surface area contributed by atoms with E-state index >= 15 is 0 Å². The van der Waals surface area contributed by atoms with Gasteiger partial charge in [0.2, 0.25) is 0 Å². The Kier molecular flexibility index (Phi) is 4.17. The van der Waals surface area contributed by atoms with E-state index in [4.69, 9.17) is 11.6 Å². The number of aromatic nitrogens is 3. The van der Waals surface area contributed by atoms with Crippen molar-refractivity contribution in [2.75, 3.05) is 5.32 Å². The summed E-state index contributed by atoms with van der Waals surface area (Å²) in [5.74, 6) is 0.287. The molecule has 0 aliphatic carbocycles. The highest BCUT2D eigenvalue weighted by Crippen LogP contribution is 2.38. The van der Waals surface area contributed by atoms with Crippen LogP contribution in [0.3, 0.4) is 0 Å². The van der Waals surface area contributed by atoms with Crippen molar-refractivity contribution in [1.82, 2.24) is 14.4 Å². The third-order valence-corrected chi connectivity index (χ3v) is 5.80. The number of anilines is 2. The quantitative estimate of drug-likeness (QED) is 0.475. The van der Waals surface area contributed by atoms with Crippen LogP contribution in [0.2, 0.25) is 5.02 Å². The first-order chi connectivity index (χ1) is 12.5. The van der Waals surface area contributed by atoms with Gasteiger partial charge in [-0.05, 0) is 38.5 Å². The number of pyridine rings is 1. The Bertz CT molecular complexity index is 1110. The number of rotatable bonds is 3. The Morgan fingerprint density at radius 3 is 2.73 bits per heavy atom. The van der Waals surface area contributed by atoms with Crippen LogP contribution in [0.5, 0.6) is 0 Å². The lowest BCUT2D eigenvalue weighted by atomic mass is 10.1. The predicted octanol–water partition coefficient (Wildman–Crippen LogP) is 5.92. The molecular weight excluding hydrogens is 371 g/mol. The van der Waals surface area contributed by atoms with Crippen molar-refractivity contribution in [2.24, 2.45) is 0 Å². The SMILES string of the molecule is Cc1cccc(Cl)c1Nc1c(-c2ccncc2F)nc2sc(C)c(C)n12. The number of hydrogen-bond donors (Lipinski definition) is 1. The van der Waals surface area contributed by atoms with Gasteiger partial charge in [0.25, 0.3) is 0 Å². The summed E-state index contributed by atoms with van der Waals surface area (Å²) < 4.78 is 16.4. The van der Waals surface area contributed by atoms with Gasteiger partial charge in [0.15, 0.2) is 10.8 Å². The van der Waals surface area contributed by atoms with E-state index in [-0.39, 0.29) is 0 Å². The van der Waals surface area contributed by atoms with Gasteiger partial charge in [-0.3, -0.25) is 9.38 Å². The molecule has 4 rings (SSSR count). The van der Waals surface area contributed by atoms with Crippen molar-refractivity contribution >= 4 is 39.4 Å². The van der Waals surface area contributed by atoms with E-state index in [1.807, 2.05) is 43.4 Å². The molecular formula is C19H16ClFN4S.